The van der Waals surface area contributed by atoms with Crippen LogP contribution < -0.4 is 5.32 Å². The van der Waals surface area contributed by atoms with Crippen LogP contribution in [0.2, 0.25) is 0 Å². The Balaban J connectivity index is 1.80. The third kappa shape index (κ3) is 3.03. The van der Waals surface area contributed by atoms with Gasteiger partial charge in [-0.25, -0.2) is 0 Å². The molecule has 0 aromatic heterocycles. The van der Waals surface area contributed by atoms with E-state index in [1.54, 1.807) is 24.3 Å². The van der Waals surface area contributed by atoms with Crippen molar-refractivity contribution in [2.45, 2.75) is 25.9 Å². The Morgan fingerprint density at radius 3 is 2.58 bits per heavy atom. The number of amides is 3. The molecule has 126 valence electrons. The van der Waals surface area contributed by atoms with Crippen LogP contribution in [0.15, 0.2) is 30.0 Å². The second-order valence-corrected chi connectivity index (χ2v) is 5.84. The Kier molecular flexibility index (Phi) is 4.35. The summed E-state index contributed by atoms with van der Waals surface area (Å²) in [5, 5.41) is 12.7. The predicted molar refractivity (Wildman–Crippen MR) is 86.0 cm³/mol. The first-order valence-electron chi connectivity index (χ1n) is 7.76. The van der Waals surface area contributed by atoms with E-state index in [0.717, 1.165) is 17.7 Å². The number of benzene rings is 1. The smallest absolute Gasteiger partial charge is 0.296 e. The summed E-state index contributed by atoms with van der Waals surface area (Å²) in [6.45, 7) is 2.16. The van der Waals surface area contributed by atoms with Crippen molar-refractivity contribution in [1.29, 1.82) is 0 Å². The molecule has 1 saturated heterocycles. The molecule has 2 aliphatic rings. The van der Waals surface area contributed by atoms with Gasteiger partial charge < -0.3 is 15.2 Å². The number of rotatable bonds is 4. The van der Waals surface area contributed by atoms with Gasteiger partial charge in [0.25, 0.3) is 11.8 Å². The number of nitrogens with zero attached hydrogens (tertiary/aromatic N) is 1. The van der Waals surface area contributed by atoms with Crippen molar-refractivity contribution in [3.8, 4) is 0 Å². The average molecular weight is 330 g/mol. The van der Waals surface area contributed by atoms with Crippen molar-refractivity contribution in [2.24, 2.45) is 0 Å². The highest BCUT2D eigenvalue weighted by Crippen LogP contribution is 2.29. The van der Waals surface area contributed by atoms with Gasteiger partial charge >= 0.3 is 0 Å². The van der Waals surface area contributed by atoms with E-state index in [-0.39, 0.29) is 24.1 Å². The second-order valence-electron chi connectivity index (χ2n) is 5.84. The molecule has 2 heterocycles. The summed E-state index contributed by atoms with van der Waals surface area (Å²) >= 11 is 0. The Bertz CT molecular complexity index is 717. The van der Waals surface area contributed by atoms with E-state index in [1.165, 1.54) is 6.92 Å². The van der Waals surface area contributed by atoms with Gasteiger partial charge in [-0.3, -0.25) is 19.3 Å². The lowest BCUT2D eigenvalue weighted by molar-refractivity contribution is -0.139. The fourth-order valence-corrected chi connectivity index (χ4v) is 2.90. The van der Waals surface area contributed by atoms with Gasteiger partial charge in [-0.05, 0) is 30.5 Å². The quantitative estimate of drug-likeness (QED) is 0.815. The number of imide groups is 1. The molecule has 1 fully saturated rings. The highest BCUT2D eigenvalue weighted by molar-refractivity contribution is 6.34. The molecule has 24 heavy (non-hydrogen) atoms. The van der Waals surface area contributed by atoms with Gasteiger partial charge in [-0.15, -0.1) is 0 Å². The number of carbonyl (C=O) groups excluding carboxylic acids is 3. The molecule has 0 aliphatic carbocycles. The van der Waals surface area contributed by atoms with Gasteiger partial charge in [0.05, 0.1) is 18.2 Å². The van der Waals surface area contributed by atoms with Crippen molar-refractivity contribution >= 4 is 29.0 Å². The molecule has 7 heteroatoms. The van der Waals surface area contributed by atoms with E-state index < -0.39 is 17.6 Å². The van der Waals surface area contributed by atoms with E-state index in [2.05, 4.69) is 5.32 Å². The van der Waals surface area contributed by atoms with Crippen LogP contribution in [-0.2, 0) is 19.1 Å². The Morgan fingerprint density at radius 2 is 2.00 bits per heavy atom. The molecule has 2 aliphatic heterocycles. The molecule has 1 aromatic carbocycles. The molecule has 1 unspecified atom stereocenters. The summed E-state index contributed by atoms with van der Waals surface area (Å²) in [6.07, 6.45) is 1.52. The number of nitrogens with one attached hydrogen (secondary N) is 1. The van der Waals surface area contributed by atoms with Crippen molar-refractivity contribution in [3.05, 3.63) is 35.6 Å². The van der Waals surface area contributed by atoms with Crippen LogP contribution in [0.1, 0.15) is 25.3 Å². The third-order valence-corrected chi connectivity index (χ3v) is 4.05. The largest absolute Gasteiger partial charge is 0.502 e. The van der Waals surface area contributed by atoms with E-state index in [4.69, 9.17) is 4.74 Å². The Morgan fingerprint density at radius 1 is 1.29 bits per heavy atom. The van der Waals surface area contributed by atoms with Crippen LogP contribution in [0, 0.1) is 0 Å². The highest BCUT2D eigenvalue weighted by atomic mass is 16.5. The maximum Gasteiger partial charge on any atom is 0.296 e. The first-order valence-corrected chi connectivity index (χ1v) is 7.76. The molecule has 7 nitrogen and oxygen atoms in total. The minimum absolute atomic E-state index is 0.0210. The van der Waals surface area contributed by atoms with Gasteiger partial charge in [0.15, 0.2) is 5.76 Å². The topological polar surface area (TPSA) is 95.9 Å². The van der Waals surface area contributed by atoms with Crippen LogP contribution in [0.5, 0.6) is 0 Å². The van der Waals surface area contributed by atoms with E-state index >= 15 is 0 Å². The Hall–Kier alpha value is -2.67. The summed E-state index contributed by atoms with van der Waals surface area (Å²) < 4.78 is 5.45. The molecule has 1 aromatic rings. The van der Waals surface area contributed by atoms with Gasteiger partial charge in [-0.1, -0.05) is 12.1 Å². The van der Waals surface area contributed by atoms with Gasteiger partial charge in [0.2, 0.25) is 5.91 Å². The monoisotopic (exact) mass is 330 g/mol. The lowest BCUT2D eigenvalue weighted by atomic mass is 10.1. The molecule has 0 bridgehead atoms. The summed E-state index contributed by atoms with van der Waals surface area (Å²) in [5.74, 6) is -1.98. The maximum absolute atomic E-state index is 12.5. The van der Waals surface area contributed by atoms with Crippen molar-refractivity contribution in [3.63, 3.8) is 0 Å². The number of anilines is 1. The molecule has 0 spiro atoms. The fraction of sp³-hybridized carbons (Fsp3) is 0.353. The number of ether oxygens (including phenoxy) is 1. The summed E-state index contributed by atoms with van der Waals surface area (Å²) in [7, 11) is 0. The zero-order valence-corrected chi connectivity index (χ0v) is 13.2. The second kappa shape index (κ2) is 6.45. The van der Waals surface area contributed by atoms with Gasteiger partial charge in [0.1, 0.15) is 0 Å². The zero-order chi connectivity index (χ0) is 17.3. The molecule has 3 amide bonds. The summed E-state index contributed by atoms with van der Waals surface area (Å²) in [5.41, 5.74) is 0.974. The summed E-state index contributed by atoms with van der Waals surface area (Å²) in [4.78, 5) is 36.8. The number of aliphatic hydroxyl groups excluding tert-OH is 1. The Labute approximate surface area is 138 Å². The standard InChI is InChI=1S/C17H18N2O5/c1-10(20)18-12-6-4-11(5-7-12)14-15(21)17(23)19(16(14)22)9-13-3-2-8-24-13/h4-7,13,21H,2-3,8-9H2,1H3,(H,18,20). The molecule has 3 rings (SSSR count). The van der Waals surface area contributed by atoms with E-state index in [0.29, 0.717) is 17.9 Å². The van der Waals surface area contributed by atoms with Crippen molar-refractivity contribution < 1.29 is 24.2 Å². The molecule has 0 radical (unpaired) electrons. The van der Waals surface area contributed by atoms with E-state index in [9.17, 15) is 19.5 Å². The lowest BCUT2D eigenvalue weighted by Gasteiger charge is -2.18. The number of hydrogen-bond donors (Lipinski definition) is 2. The van der Waals surface area contributed by atoms with Crippen molar-refractivity contribution in [2.75, 3.05) is 18.5 Å². The maximum atomic E-state index is 12.5. The van der Waals surface area contributed by atoms with Crippen LogP contribution in [-0.4, -0.2) is 47.0 Å². The molecule has 1 atom stereocenters. The lowest BCUT2D eigenvalue weighted by Crippen LogP contribution is -2.38. The summed E-state index contributed by atoms with van der Waals surface area (Å²) in [6, 6.07) is 6.38. The zero-order valence-electron chi connectivity index (χ0n) is 13.2. The molecular weight excluding hydrogens is 312 g/mol. The number of hydrogen-bond acceptors (Lipinski definition) is 5. The third-order valence-electron chi connectivity index (χ3n) is 4.05. The first kappa shape index (κ1) is 16.2. The van der Waals surface area contributed by atoms with Crippen molar-refractivity contribution in [1.82, 2.24) is 4.90 Å². The van der Waals surface area contributed by atoms with Crippen LogP contribution in [0.4, 0.5) is 5.69 Å². The van der Waals surface area contributed by atoms with Crippen LogP contribution >= 0.6 is 0 Å². The average Bonchev–Trinajstić information content (AvgIpc) is 3.12. The minimum atomic E-state index is -0.698. The number of aliphatic hydroxyl groups is 1. The number of carbonyl (C=O) groups is 3. The normalized spacial score (nSPS) is 20.9. The molecule has 0 saturated carbocycles. The highest BCUT2D eigenvalue weighted by Gasteiger charge is 2.40. The molecular formula is C17H18N2O5. The van der Waals surface area contributed by atoms with Crippen LogP contribution in [0.3, 0.4) is 0 Å². The first-order chi connectivity index (χ1) is 11.5. The minimum Gasteiger partial charge on any atom is -0.502 e. The van der Waals surface area contributed by atoms with Gasteiger partial charge in [0, 0.05) is 19.2 Å². The SMILES string of the molecule is CC(=O)Nc1ccc(C2=C(O)C(=O)N(CC3CCCO3)C2=O)cc1. The van der Waals surface area contributed by atoms with Gasteiger partial charge in [-0.2, -0.15) is 0 Å². The van der Waals surface area contributed by atoms with Crippen LogP contribution in [0.25, 0.3) is 5.57 Å². The fourth-order valence-electron chi connectivity index (χ4n) is 2.90. The molecule has 2 N–H and O–H groups in total. The van der Waals surface area contributed by atoms with E-state index in [1.807, 2.05) is 0 Å². The predicted octanol–water partition coefficient (Wildman–Crippen LogP) is 1.46.